The van der Waals surface area contributed by atoms with Gasteiger partial charge in [0.25, 0.3) is 5.91 Å². The van der Waals surface area contributed by atoms with Gasteiger partial charge in [-0.3, -0.25) is 9.79 Å². The fraction of sp³-hybridized carbons (Fsp3) is 0.278. The van der Waals surface area contributed by atoms with Crippen LogP contribution < -0.4 is 5.32 Å². The van der Waals surface area contributed by atoms with E-state index in [1.807, 2.05) is 4.90 Å². The minimum Gasteiger partial charge on any atom is -0.442 e. The quantitative estimate of drug-likeness (QED) is 0.809. The van der Waals surface area contributed by atoms with Gasteiger partial charge in [-0.1, -0.05) is 6.92 Å². The summed E-state index contributed by atoms with van der Waals surface area (Å²) in [6.07, 6.45) is 2.60. The maximum absolute atomic E-state index is 13.3. The summed E-state index contributed by atoms with van der Waals surface area (Å²) in [7, 11) is 0. The van der Waals surface area contributed by atoms with Crippen LogP contribution in [0.2, 0.25) is 0 Å². The average molecular weight is 419 g/mol. The van der Waals surface area contributed by atoms with Crippen LogP contribution in [0.5, 0.6) is 0 Å². The number of nitrogens with zero attached hydrogens (tertiary/aromatic N) is 3. The van der Waals surface area contributed by atoms with Gasteiger partial charge in [0.2, 0.25) is 5.88 Å². The third-order valence-electron chi connectivity index (χ3n) is 4.47. The molecule has 0 bridgehead atoms. The zero-order chi connectivity index (χ0) is 18.4. The molecule has 1 aromatic carbocycles. The lowest BCUT2D eigenvalue weighted by molar-refractivity contribution is 0.102. The van der Waals surface area contributed by atoms with Crippen molar-refractivity contribution in [3.63, 3.8) is 0 Å². The molecule has 3 heterocycles. The molecule has 26 heavy (non-hydrogen) atoms. The molecule has 2 aliphatic rings. The average Bonchev–Trinajstić information content (AvgIpc) is 3.16. The Balaban J connectivity index is 1.73. The minimum atomic E-state index is -0.386. The number of nitrogens with one attached hydrogen (secondary N) is 1. The largest absolute Gasteiger partial charge is 0.442 e. The number of halogens is 2. The number of rotatable bonds is 3. The number of furan rings is 1. The van der Waals surface area contributed by atoms with Crippen LogP contribution in [0.4, 0.5) is 16.0 Å². The number of anilines is 1. The van der Waals surface area contributed by atoms with Gasteiger partial charge < -0.3 is 14.6 Å². The molecule has 1 aromatic heterocycles. The Morgan fingerprint density at radius 1 is 1.50 bits per heavy atom. The maximum Gasteiger partial charge on any atom is 0.260 e. The molecule has 2 aromatic rings. The number of carbonyl (C=O) groups is 1. The predicted molar refractivity (Wildman–Crippen MR) is 101 cm³/mol. The van der Waals surface area contributed by atoms with Gasteiger partial charge in [0.1, 0.15) is 23.8 Å². The van der Waals surface area contributed by atoms with Crippen molar-refractivity contribution in [3.8, 4) is 0 Å². The lowest BCUT2D eigenvalue weighted by Crippen LogP contribution is -2.31. The Labute approximate surface area is 157 Å². The summed E-state index contributed by atoms with van der Waals surface area (Å²) >= 11 is 3.26. The van der Waals surface area contributed by atoms with Crippen molar-refractivity contribution in [2.45, 2.75) is 26.3 Å². The van der Waals surface area contributed by atoms with Crippen molar-refractivity contribution in [3.05, 3.63) is 45.4 Å². The number of aryl methyl sites for hydroxylation is 1. The minimum absolute atomic E-state index is 0.166. The summed E-state index contributed by atoms with van der Waals surface area (Å²) in [5.74, 6) is 0.828. The first-order valence-corrected chi connectivity index (χ1v) is 9.06. The summed E-state index contributed by atoms with van der Waals surface area (Å²) in [5.41, 5.74) is 1.48. The molecule has 8 heteroatoms. The van der Waals surface area contributed by atoms with E-state index in [4.69, 9.17) is 9.41 Å². The fourth-order valence-corrected chi connectivity index (χ4v) is 3.58. The van der Waals surface area contributed by atoms with Crippen LogP contribution in [-0.4, -0.2) is 35.6 Å². The summed E-state index contributed by atoms with van der Waals surface area (Å²) in [6.45, 7) is 4.54. The molecule has 1 unspecified atom stereocenters. The van der Waals surface area contributed by atoms with Crippen molar-refractivity contribution in [1.29, 1.82) is 0 Å². The van der Waals surface area contributed by atoms with Gasteiger partial charge in [0, 0.05) is 11.0 Å². The first-order chi connectivity index (χ1) is 12.5. The van der Waals surface area contributed by atoms with Crippen molar-refractivity contribution in [2.24, 2.45) is 9.98 Å². The number of carbonyl (C=O) groups excluding carboxylic acids is 1. The topological polar surface area (TPSA) is 70.2 Å². The van der Waals surface area contributed by atoms with E-state index in [-0.39, 0.29) is 17.8 Å². The van der Waals surface area contributed by atoms with E-state index in [1.54, 1.807) is 13.3 Å². The van der Waals surface area contributed by atoms with Crippen LogP contribution >= 0.6 is 15.9 Å². The summed E-state index contributed by atoms with van der Waals surface area (Å²) in [6, 6.07) is 4.26. The van der Waals surface area contributed by atoms with Gasteiger partial charge in [0.05, 0.1) is 22.9 Å². The van der Waals surface area contributed by atoms with E-state index < -0.39 is 0 Å². The molecule has 1 atom stereocenters. The third-order valence-corrected chi connectivity index (χ3v) is 5.12. The van der Waals surface area contributed by atoms with Gasteiger partial charge in [-0.25, -0.2) is 9.38 Å². The summed E-state index contributed by atoms with van der Waals surface area (Å²) < 4.78 is 19.4. The predicted octanol–water partition coefficient (Wildman–Crippen LogP) is 4.26. The first kappa shape index (κ1) is 17.0. The van der Waals surface area contributed by atoms with Crippen molar-refractivity contribution in [2.75, 3.05) is 11.9 Å². The maximum atomic E-state index is 13.3. The Morgan fingerprint density at radius 2 is 2.31 bits per heavy atom. The number of benzene rings is 1. The van der Waals surface area contributed by atoms with Gasteiger partial charge in [-0.05, 0) is 47.5 Å². The second-order valence-electron chi connectivity index (χ2n) is 6.20. The number of hydrogen-bond acceptors (Lipinski definition) is 5. The fourth-order valence-electron chi connectivity index (χ4n) is 3.13. The van der Waals surface area contributed by atoms with Crippen LogP contribution in [0, 0.1) is 12.7 Å². The van der Waals surface area contributed by atoms with Crippen molar-refractivity contribution < 1.29 is 13.6 Å². The zero-order valence-corrected chi connectivity index (χ0v) is 15.8. The van der Waals surface area contributed by atoms with E-state index in [1.165, 1.54) is 18.2 Å². The lowest BCUT2D eigenvalue weighted by Gasteiger charge is -2.18. The Bertz CT molecular complexity index is 966. The SMILES string of the molecule is CCC1CN2C=Nc3oc(C)c(C(=O)Nc4ccc(F)cc4Br)c3C2=N1. The standard InChI is InChI=1S/C18H16BrFN4O2/c1-3-11-7-24-8-21-18-15(16(24)22-11)14(9(2)26-18)17(25)23-13-5-4-10(20)6-12(13)19/h4-6,8,11H,3,7H2,1-2H3,(H,23,25). The molecule has 1 amide bonds. The van der Waals surface area contributed by atoms with Crippen LogP contribution in [0.15, 0.2) is 37.1 Å². The van der Waals surface area contributed by atoms with Crippen LogP contribution in [0.25, 0.3) is 0 Å². The van der Waals surface area contributed by atoms with Crippen LogP contribution in [0.3, 0.4) is 0 Å². The lowest BCUT2D eigenvalue weighted by atomic mass is 10.1. The summed E-state index contributed by atoms with van der Waals surface area (Å²) in [4.78, 5) is 23.9. The van der Waals surface area contributed by atoms with Crippen molar-refractivity contribution >= 4 is 45.6 Å². The van der Waals surface area contributed by atoms with Crippen LogP contribution in [0.1, 0.15) is 35.0 Å². The molecule has 0 aliphatic carbocycles. The second-order valence-corrected chi connectivity index (χ2v) is 7.06. The third kappa shape index (κ3) is 2.74. The smallest absolute Gasteiger partial charge is 0.260 e. The van der Waals surface area contributed by atoms with Gasteiger partial charge >= 0.3 is 0 Å². The molecule has 6 nitrogen and oxygen atoms in total. The molecule has 0 radical (unpaired) electrons. The molecule has 2 aliphatic heterocycles. The number of hydrogen-bond donors (Lipinski definition) is 1. The van der Waals surface area contributed by atoms with Gasteiger partial charge in [-0.2, -0.15) is 0 Å². The zero-order valence-electron chi connectivity index (χ0n) is 14.2. The molecule has 0 fully saturated rings. The Morgan fingerprint density at radius 3 is 3.04 bits per heavy atom. The first-order valence-electron chi connectivity index (χ1n) is 8.26. The van der Waals surface area contributed by atoms with Gasteiger partial charge in [0.15, 0.2) is 0 Å². The van der Waals surface area contributed by atoms with Crippen LogP contribution in [-0.2, 0) is 0 Å². The van der Waals surface area contributed by atoms with Crippen molar-refractivity contribution in [1.82, 2.24) is 4.90 Å². The molecular weight excluding hydrogens is 403 g/mol. The highest BCUT2D eigenvalue weighted by Gasteiger charge is 2.36. The highest BCUT2D eigenvalue weighted by atomic mass is 79.9. The number of aliphatic imine (C=N–C) groups is 2. The molecular formula is C18H16BrFN4O2. The van der Waals surface area contributed by atoms with E-state index in [9.17, 15) is 9.18 Å². The number of fused-ring (bicyclic) bond motifs is 3. The summed E-state index contributed by atoms with van der Waals surface area (Å²) in [5, 5.41) is 2.80. The Kier molecular flexibility index (Phi) is 4.14. The van der Waals surface area contributed by atoms with E-state index in [0.717, 1.165) is 13.0 Å². The molecule has 134 valence electrons. The molecule has 1 N–H and O–H groups in total. The monoisotopic (exact) mass is 418 g/mol. The van der Waals surface area contributed by atoms with Gasteiger partial charge in [-0.15, -0.1) is 0 Å². The number of amidine groups is 1. The highest BCUT2D eigenvalue weighted by Crippen LogP contribution is 2.36. The molecule has 4 rings (SSSR count). The molecule has 0 saturated carbocycles. The van der Waals surface area contributed by atoms with E-state index >= 15 is 0 Å². The highest BCUT2D eigenvalue weighted by molar-refractivity contribution is 9.10. The molecule has 0 saturated heterocycles. The van der Waals surface area contributed by atoms with E-state index in [2.05, 4.69) is 33.2 Å². The normalized spacial score (nSPS) is 17.8. The number of amides is 1. The second kappa shape index (κ2) is 6.35. The Hall–Kier alpha value is -2.48. The van der Waals surface area contributed by atoms with E-state index in [0.29, 0.717) is 38.8 Å². The molecule has 0 spiro atoms.